The minimum atomic E-state index is -4.59. The highest BCUT2D eigenvalue weighted by Crippen LogP contribution is 2.21. The number of hydrogen-bond acceptors (Lipinski definition) is 10. The molecule has 1 aromatic heterocycles. The zero-order valence-corrected chi connectivity index (χ0v) is 29.2. The predicted octanol–water partition coefficient (Wildman–Crippen LogP) is 6.05. The number of benzene rings is 2. The molecule has 3 aliphatic rings. The number of alkyl halides is 3. The lowest BCUT2D eigenvalue weighted by Crippen LogP contribution is -2.31. The summed E-state index contributed by atoms with van der Waals surface area (Å²) >= 11 is 0. The van der Waals surface area contributed by atoms with Crippen molar-refractivity contribution in [2.45, 2.75) is 45.3 Å². The molecule has 4 heterocycles. The molecule has 0 saturated carbocycles. The van der Waals surface area contributed by atoms with E-state index in [4.69, 9.17) is 4.74 Å². The molecule has 0 spiro atoms. The second kappa shape index (κ2) is 18.4. The maximum Gasteiger partial charge on any atom is 0.422 e. The Morgan fingerprint density at radius 3 is 2.06 bits per heavy atom. The average molecular weight is 697 g/mol. The van der Waals surface area contributed by atoms with E-state index in [9.17, 15) is 22.8 Å². The van der Waals surface area contributed by atoms with Crippen molar-refractivity contribution in [3.8, 4) is 6.01 Å². The van der Waals surface area contributed by atoms with Crippen molar-refractivity contribution in [2.75, 3.05) is 71.1 Å². The fourth-order valence-corrected chi connectivity index (χ4v) is 5.36. The first-order valence-electron chi connectivity index (χ1n) is 16.9. The first-order chi connectivity index (χ1) is 23.9. The number of nitrogens with one attached hydrogen (secondary N) is 2. The molecule has 0 aliphatic carbocycles. The van der Waals surface area contributed by atoms with Crippen LogP contribution in [-0.4, -0.2) is 108 Å². The molecule has 270 valence electrons. The molecular weight excluding hydrogens is 649 g/mol. The van der Waals surface area contributed by atoms with Crippen LogP contribution in [0.4, 0.5) is 30.8 Å². The molecule has 50 heavy (non-hydrogen) atoms. The third-order valence-corrected chi connectivity index (χ3v) is 8.27. The van der Waals surface area contributed by atoms with Gasteiger partial charge in [0, 0.05) is 42.9 Å². The molecule has 6 rings (SSSR count). The maximum atomic E-state index is 13.1. The largest absolute Gasteiger partial charge is 0.454 e. The number of amides is 1. The molecular formula is C36H47F3N8O3. The third-order valence-electron chi connectivity index (χ3n) is 8.27. The second-order valence-corrected chi connectivity index (χ2v) is 12.7. The van der Waals surface area contributed by atoms with Gasteiger partial charge in [-0.05, 0) is 95.8 Å². The number of carbonyl (C=O) groups excluding carboxylic acids is 2. The fourth-order valence-electron chi connectivity index (χ4n) is 5.36. The first-order valence-corrected chi connectivity index (χ1v) is 16.9. The third kappa shape index (κ3) is 12.7. The van der Waals surface area contributed by atoms with Gasteiger partial charge in [-0.25, -0.2) is 0 Å². The van der Waals surface area contributed by atoms with E-state index in [1.807, 2.05) is 13.0 Å². The van der Waals surface area contributed by atoms with Gasteiger partial charge in [-0.1, -0.05) is 43.3 Å². The molecule has 1 unspecified atom stereocenters. The number of anilines is 3. The van der Waals surface area contributed by atoms with E-state index >= 15 is 0 Å². The van der Waals surface area contributed by atoms with Gasteiger partial charge in [0.15, 0.2) is 12.4 Å². The molecule has 2 N–H and O–H groups in total. The van der Waals surface area contributed by atoms with Crippen LogP contribution in [-0.2, 0) is 6.54 Å². The Balaban J connectivity index is 1.52. The van der Waals surface area contributed by atoms with Crippen molar-refractivity contribution in [3.05, 3.63) is 77.4 Å². The van der Waals surface area contributed by atoms with E-state index in [0.717, 1.165) is 57.4 Å². The van der Waals surface area contributed by atoms with Gasteiger partial charge in [-0.15, -0.1) is 0 Å². The monoisotopic (exact) mass is 696 g/mol. The second-order valence-electron chi connectivity index (χ2n) is 12.7. The smallest absolute Gasteiger partial charge is 0.422 e. The van der Waals surface area contributed by atoms with E-state index in [-0.39, 0.29) is 36.0 Å². The normalized spacial score (nSPS) is 19.3. The van der Waals surface area contributed by atoms with E-state index in [1.54, 1.807) is 60.5 Å². The van der Waals surface area contributed by atoms with Crippen LogP contribution in [0.15, 0.2) is 60.7 Å². The number of nitrogens with zero attached hydrogens (tertiary/aromatic N) is 6. The summed E-state index contributed by atoms with van der Waals surface area (Å²) in [6.07, 6.45) is 3.22. The van der Waals surface area contributed by atoms with Gasteiger partial charge in [0.25, 0.3) is 5.91 Å². The summed E-state index contributed by atoms with van der Waals surface area (Å²) in [7, 11) is 6.00. The van der Waals surface area contributed by atoms with Crippen LogP contribution in [0, 0.1) is 5.92 Å². The number of allylic oxidation sites excluding steroid dienone is 2. The number of hydrogen-bond donors (Lipinski definition) is 2. The molecule has 1 atom stereocenters. The molecule has 1 amide bonds. The minimum Gasteiger partial charge on any atom is -0.454 e. The number of ether oxygens (including phenoxy) is 1. The van der Waals surface area contributed by atoms with E-state index in [2.05, 4.69) is 55.6 Å². The van der Waals surface area contributed by atoms with Crippen molar-refractivity contribution in [1.82, 2.24) is 29.7 Å². The van der Waals surface area contributed by atoms with Crippen molar-refractivity contribution in [2.24, 2.45) is 5.92 Å². The van der Waals surface area contributed by atoms with Crippen molar-refractivity contribution < 1.29 is 27.5 Å². The zero-order valence-electron chi connectivity index (χ0n) is 29.2. The van der Waals surface area contributed by atoms with Crippen molar-refractivity contribution >= 4 is 29.3 Å². The summed E-state index contributed by atoms with van der Waals surface area (Å²) < 4.78 is 43.6. The number of Topliss-reactive ketones (excluding diaryl/α,β-unsaturated/α-hetero) is 1. The minimum absolute atomic E-state index is 0.0146. The highest BCUT2D eigenvalue weighted by molar-refractivity contribution is 5.98. The van der Waals surface area contributed by atoms with Crippen molar-refractivity contribution in [3.63, 3.8) is 0 Å². The van der Waals surface area contributed by atoms with Crippen LogP contribution < -0.4 is 15.4 Å². The van der Waals surface area contributed by atoms with Gasteiger partial charge in [-0.3, -0.25) is 9.59 Å². The Bertz CT molecular complexity index is 1570. The maximum absolute atomic E-state index is 13.1. The lowest BCUT2D eigenvalue weighted by molar-refractivity contribution is -0.154. The Morgan fingerprint density at radius 1 is 0.800 bits per heavy atom. The lowest BCUT2D eigenvalue weighted by atomic mass is 9.97. The number of carbonyl (C=O) groups is 2. The Hall–Kier alpha value is -4.56. The quantitative estimate of drug-likeness (QED) is 0.307. The topological polar surface area (TPSA) is 116 Å². The summed E-state index contributed by atoms with van der Waals surface area (Å²) in [5.41, 5.74) is 2.39. The predicted molar refractivity (Wildman–Crippen MR) is 188 cm³/mol. The molecule has 3 aromatic rings. The summed E-state index contributed by atoms with van der Waals surface area (Å²) in [4.78, 5) is 44.7. The van der Waals surface area contributed by atoms with Gasteiger partial charge >= 0.3 is 12.2 Å². The standard InChI is InChI=1S/C36H47F3N8O3/c1-26-10-6-5-7-19-45(2)20-8-21-46(3)22-9-23-47(4)32(49)29-15-17-30(18-16-29)41-34-42-33(43-35(44-34)50-25-36(37,38)39)40-24-27-11-13-28(14-12-27)31(26)48/h6,10-18,26H,5,7-9,19-25H2,1-4H3,(H2,40,41,42,43,44)/b10-6+. The zero-order chi connectivity index (χ0) is 36.1. The van der Waals surface area contributed by atoms with Crippen LogP contribution >= 0.6 is 0 Å². The summed E-state index contributed by atoms with van der Waals surface area (Å²) in [6.45, 7) is 4.95. The highest BCUT2D eigenvalue weighted by Gasteiger charge is 2.29. The molecule has 14 heteroatoms. The van der Waals surface area contributed by atoms with Gasteiger partial charge in [0.2, 0.25) is 11.9 Å². The van der Waals surface area contributed by atoms with E-state index in [0.29, 0.717) is 23.4 Å². The number of fused-ring (bicyclic) bond motifs is 2. The van der Waals surface area contributed by atoms with Gasteiger partial charge in [0.1, 0.15) is 0 Å². The van der Waals surface area contributed by atoms with Crippen LogP contribution in [0.25, 0.3) is 0 Å². The number of ketones is 1. The Labute approximate surface area is 291 Å². The van der Waals surface area contributed by atoms with Crippen LogP contribution in [0.1, 0.15) is 58.9 Å². The Morgan fingerprint density at radius 2 is 1.40 bits per heavy atom. The fraction of sp³-hybridized carbons (Fsp3) is 0.472. The molecule has 0 saturated heterocycles. The molecule has 0 fully saturated rings. The Kier molecular flexibility index (Phi) is 14.1. The van der Waals surface area contributed by atoms with Crippen LogP contribution in [0.2, 0.25) is 0 Å². The number of rotatable bonds is 2. The summed E-state index contributed by atoms with van der Waals surface area (Å²) in [5.74, 6) is -0.435. The van der Waals surface area contributed by atoms with Crippen LogP contribution in [0.5, 0.6) is 6.01 Å². The SMILES string of the molecule is CC1/C=C/CCCN(C)CCCN(C)CCCN(C)C(=O)c2ccc(cc2)Nc2nc(nc(OCC(F)(F)F)n2)NCc2ccc(cc2)C1=O. The molecule has 6 bridgehead atoms. The molecule has 3 aliphatic heterocycles. The molecule has 11 nitrogen and oxygen atoms in total. The van der Waals surface area contributed by atoms with E-state index < -0.39 is 18.8 Å². The van der Waals surface area contributed by atoms with Gasteiger partial charge in [-0.2, -0.15) is 28.1 Å². The van der Waals surface area contributed by atoms with Crippen molar-refractivity contribution in [1.29, 1.82) is 0 Å². The van der Waals surface area contributed by atoms with Gasteiger partial charge in [0.05, 0.1) is 0 Å². The van der Waals surface area contributed by atoms with Gasteiger partial charge < -0.3 is 30.1 Å². The number of aromatic nitrogens is 3. The highest BCUT2D eigenvalue weighted by atomic mass is 19.4. The van der Waals surface area contributed by atoms with Crippen LogP contribution in [0.3, 0.4) is 0 Å². The first kappa shape index (κ1) is 38.2. The summed E-state index contributed by atoms with van der Waals surface area (Å²) in [5, 5.41) is 5.95. The molecule has 2 aromatic carbocycles. The molecule has 0 radical (unpaired) electrons. The number of halogens is 3. The lowest BCUT2D eigenvalue weighted by Gasteiger charge is -2.22. The summed E-state index contributed by atoms with van der Waals surface area (Å²) in [6, 6.07) is 13.2. The van der Waals surface area contributed by atoms with E-state index in [1.165, 1.54) is 0 Å². The average Bonchev–Trinajstić information content (AvgIpc) is 3.08.